The topological polar surface area (TPSA) is 96.8 Å². The summed E-state index contributed by atoms with van der Waals surface area (Å²) in [4.78, 5) is 15.0. The number of carbonyl (C=O) groups is 1. The molecule has 0 aliphatic carbocycles. The number of ether oxygens (including phenoxy) is 1. The summed E-state index contributed by atoms with van der Waals surface area (Å²) < 4.78 is 31.9. The molecule has 1 N–H and O–H groups in total. The molecule has 0 fully saturated rings. The zero-order chi connectivity index (χ0) is 17.3. The standard InChI is InChI=1S/C16H16N2O5S/c1-18(10-13-4-2-12(9-17-13)16(19)20)24(21,22)14-5-3-11-6-7-23-15(11)8-14/h2-5,8-9H,6-7,10H2,1H3,(H,19,20). The minimum atomic E-state index is -3.69. The van der Waals surface area contributed by atoms with Crippen LogP contribution in [0, 0.1) is 0 Å². The fourth-order valence-corrected chi connectivity index (χ4v) is 3.60. The van der Waals surface area contributed by atoms with Gasteiger partial charge in [0.05, 0.1) is 29.3 Å². The molecule has 0 saturated heterocycles. The van der Waals surface area contributed by atoms with E-state index >= 15 is 0 Å². The Balaban J connectivity index is 1.80. The summed E-state index contributed by atoms with van der Waals surface area (Å²) in [6.45, 7) is 0.606. The minimum Gasteiger partial charge on any atom is -0.493 e. The second kappa shape index (κ2) is 6.21. The fourth-order valence-electron chi connectivity index (χ4n) is 2.44. The van der Waals surface area contributed by atoms with E-state index in [1.165, 1.54) is 35.7 Å². The van der Waals surface area contributed by atoms with Crippen molar-refractivity contribution in [2.45, 2.75) is 17.9 Å². The lowest BCUT2D eigenvalue weighted by Crippen LogP contribution is -2.27. The smallest absolute Gasteiger partial charge is 0.337 e. The first-order valence-corrected chi connectivity index (χ1v) is 8.72. The van der Waals surface area contributed by atoms with Gasteiger partial charge >= 0.3 is 5.97 Å². The average molecular weight is 348 g/mol. The molecule has 1 aliphatic rings. The molecule has 24 heavy (non-hydrogen) atoms. The van der Waals surface area contributed by atoms with E-state index in [9.17, 15) is 13.2 Å². The molecule has 0 amide bonds. The van der Waals surface area contributed by atoms with Crippen LogP contribution < -0.4 is 4.74 Å². The van der Waals surface area contributed by atoms with Crippen molar-refractivity contribution in [1.82, 2.24) is 9.29 Å². The van der Waals surface area contributed by atoms with Crippen LogP contribution in [0.15, 0.2) is 41.4 Å². The van der Waals surface area contributed by atoms with Crippen LogP contribution >= 0.6 is 0 Å². The number of nitrogens with zero attached hydrogens (tertiary/aromatic N) is 2. The van der Waals surface area contributed by atoms with Crippen molar-refractivity contribution in [3.05, 3.63) is 53.3 Å². The molecule has 1 aliphatic heterocycles. The molecule has 2 heterocycles. The van der Waals surface area contributed by atoms with Crippen LogP contribution in [-0.2, 0) is 23.0 Å². The van der Waals surface area contributed by atoms with Gasteiger partial charge in [-0.05, 0) is 23.8 Å². The van der Waals surface area contributed by atoms with Gasteiger partial charge in [-0.1, -0.05) is 6.07 Å². The van der Waals surface area contributed by atoms with E-state index in [4.69, 9.17) is 9.84 Å². The molecule has 1 aromatic carbocycles. The SMILES string of the molecule is CN(Cc1ccc(C(=O)O)cn1)S(=O)(=O)c1ccc2c(c1)OCC2. The first kappa shape index (κ1) is 16.4. The van der Waals surface area contributed by atoms with Crippen LogP contribution in [0.25, 0.3) is 0 Å². The highest BCUT2D eigenvalue weighted by atomic mass is 32.2. The van der Waals surface area contributed by atoms with Gasteiger partial charge in [0, 0.05) is 25.7 Å². The van der Waals surface area contributed by atoms with Crippen molar-refractivity contribution >= 4 is 16.0 Å². The van der Waals surface area contributed by atoms with Crippen molar-refractivity contribution in [2.24, 2.45) is 0 Å². The Bertz CT molecular complexity index is 878. The predicted octanol–water partition coefficient (Wildman–Crippen LogP) is 1.54. The summed E-state index contributed by atoms with van der Waals surface area (Å²) in [7, 11) is -2.23. The molecule has 126 valence electrons. The maximum atomic E-state index is 12.7. The van der Waals surface area contributed by atoms with E-state index in [1.807, 2.05) is 0 Å². The van der Waals surface area contributed by atoms with Gasteiger partial charge in [0.15, 0.2) is 0 Å². The lowest BCUT2D eigenvalue weighted by molar-refractivity contribution is 0.0696. The average Bonchev–Trinajstić information content (AvgIpc) is 3.02. The third-order valence-corrected chi connectivity index (χ3v) is 5.63. The molecule has 0 spiro atoms. The van der Waals surface area contributed by atoms with Crippen LogP contribution in [0.1, 0.15) is 21.6 Å². The normalized spacial score (nSPS) is 13.6. The van der Waals surface area contributed by atoms with Gasteiger partial charge in [-0.15, -0.1) is 0 Å². The number of hydrogen-bond donors (Lipinski definition) is 1. The Morgan fingerprint density at radius 3 is 2.79 bits per heavy atom. The summed E-state index contributed by atoms with van der Waals surface area (Å²) in [6, 6.07) is 7.77. The maximum Gasteiger partial charge on any atom is 0.337 e. The summed E-state index contributed by atoms with van der Waals surface area (Å²) in [6.07, 6.45) is 1.99. The van der Waals surface area contributed by atoms with Crippen LogP contribution in [0.5, 0.6) is 5.75 Å². The molecule has 8 heteroatoms. The highest BCUT2D eigenvalue weighted by Crippen LogP contribution is 2.29. The van der Waals surface area contributed by atoms with Crippen molar-refractivity contribution in [3.63, 3.8) is 0 Å². The summed E-state index contributed by atoms with van der Waals surface area (Å²) >= 11 is 0. The molecule has 1 aromatic heterocycles. The minimum absolute atomic E-state index is 0.0418. The van der Waals surface area contributed by atoms with Gasteiger partial charge in [0.2, 0.25) is 10.0 Å². The number of carboxylic acids is 1. The fraction of sp³-hybridized carbons (Fsp3) is 0.250. The van der Waals surface area contributed by atoms with E-state index in [0.29, 0.717) is 18.1 Å². The highest BCUT2D eigenvalue weighted by Gasteiger charge is 2.24. The Morgan fingerprint density at radius 1 is 1.33 bits per heavy atom. The lowest BCUT2D eigenvalue weighted by Gasteiger charge is -2.17. The highest BCUT2D eigenvalue weighted by molar-refractivity contribution is 7.89. The molecule has 0 unspecified atom stereocenters. The van der Waals surface area contributed by atoms with E-state index in [-0.39, 0.29) is 17.0 Å². The Hall–Kier alpha value is -2.45. The van der Waals surface area contributed by atoms with Crippen LogP contribution in [0.4, 0.5) is 0 Å². The van der Waals surface area contributed by atoms with E-state index in [2.05, 4.69) is 4.98 Å². The Morgan fingerprint density at radius 2 is 2.12 bits per heavy atom. The van der Waals surface area contributed by atoms with E-state index in [1.54, 1.807) is 12.1 Å². The lowest BCUT2D eigenvalue weighted by atomic mass is 10.2. The molecule has 2 aromatic rings. The van der Waals surface area contributed by atoms with Crippen molar-refractivity contribution < 1.29 is 23.1 Å². The zero-order valence-corrected chi connectivity index (χ0v) is 13.8. The monoisotopic (exact) mass is 348 g/mol. The number of benzene rings is 1. The first-order valence-electron chi connectivity index (χ1n) is 7.28. The number of aromatic nitrogens is 1. The Kier molecular flexibility index (Phi) is 4.25. The number of sulfonamides is 1. The molecule has 0 bridgehead atoms. The quantitative estimate of drug-likeness (QED) is 0.880. The van der Waals surface area contributed by atoms with Gasteiger partial charge in [-0.25, -0.2) is 13.2 Å². The number of rotatable bonds is 5. The van der Waals surface area contributed by atoms with Crippen molar-refractivity contribution in [1.29, 1.82) is 0 Å². The third kappa shape index (κ3) is 3.10. The molecule has 3 rings (SSSR count). The molecule has 7 nitrogen and oxygen atoms in total. The van der Waals surface area contributed by atoms with Gasteiger partial charge in [-0.3, -0.25) is 4.98 Å². The summed E-state index contributed by atoms with van der Waals surface area (Å²) in [5.74, 6) is -0.471. The number of hydrogen-bond acceptors (Lipinski definition) is 5. The molecule has 0 atom stereocenters. The number of fused-ring (bicyclic) bond motifs is 1. The number of pyridine rings is 1. The van der Waals surface area contributed by atoms with Crippen LogP contribution in [-0.4, -0.2) is 42.4 Å². The number of aromatic carboxylic acids is 1. The van der Waals surface area contributed by atoms with Crippen LogP contribution in [0.3, 0.4) is 0 Å². The first-order chi connectivity index (χ1) is 11.4. The third-order valence-electron chi connectivity index (χ3n) is 3.83. The maximum absolute atomic E-state index is 12.7. The summed E-state index contributed by atoms with van der Waals surface area (Å²) in [5, 5.41) is 8.85. The van der Waals surface area contributed by atoms with Gasteiger partial charge in [-0.2, -0.15) is 4.31 Å². The van der Waals surface area contributed by atoms with E-state index < -0.39 is 16.0 Å². The predicted molar refractivity (Wildman–Crippen MR) is 85.5 cm³/mol. The molecular formula is C16H16N2O5S. The molecule has 0 saturated carbocycles. The van der Waals surface area contributed by atoms with Gasteiger partial charge in [0.1, 0.15) is 5.75 Å². The van der Waals surface area contributed by atoms with Crippen LogP contribution in [0.2, 0.25) is 0 Å². The van der Waals surface area contributed by atoms with E-state index in [0.717, 1.165) is 12.0 Å². The van der Waals surface area contributed by atoms with Crippen molar-refractivity contribution in [2.75, 3.05) is 13.7 Å². The second-order valence-corrected chi connectivity index (χ2v) is 7.52. The summed E-state index contributed by atoms with van der Waals surface area (Å²) in [5.41, 5.74) is 1.52. The number of carboxylic acid groups (broad SMARTS) is 1. The second-order valence-electron chi connectivity index (χ2n) is 5.47. The largest absolute Gasteiger partial charge is 0.493 e. The van der Waals surface area contributed by atoms with Crippen molar-refractivity contribution in [3.8, 4) is 5.75 Å². The van der Waals surface area contributed by atoms with Gasteiger partial charge < -0.3 is 9.84 Å². The zero-order valence-electron chi connectivity index (χ0n) is 13.0. The molecule has 0 radical (unpaired) electrons. The Labute approximate surface area is 139 Å². The van der Waals surface area contributed by atoms with Gasteiger partial charge in [0.25, 0.3) is 0 Å². The molecular weight excluding hydrogens is 332 g/mol.